The molecule has 1 N–H and O–H groups in total. The minimum absolute atomic E-state index is 0.124. The standard InChI is InChI=1S/C19H20ClFN6O3/c1-11(9-25-13(3)8-18(24-25)27(29)30)19(28)22-17-7-12(2)26(23-17)10-14-15(20)5-4-6-16(14)21/h4-8,11H,9-10H2,1-3H3,(H,22,23,28). The molecule has 1 atom stereocenters. The highest BCUT2D eigenvalue weighted by atomic mass is 35.5. The van der Waals surface area contributed by atoms with E-state index in [4.69, 9.17) is 11.6 Å². The van der Waals surface area contributed by atoms with E-state index in [1.54, 1.807) is 37.6 Å². The number of carbonyl (C=O) groups excluding carboxylic acids is 1. The summed E-state index contributed by atoms with van der Waals surface area (Å²) in [5.74, 6) is -1.21. The summed E-state index contributed by atoms with van der Waals surface area (Å²) < 4.78 is 17.0. The highest BCUT2D eigenvalue weighted by Gasteiger charge is 2.21. The summed E-state index contributed by atoms with van der Waals surface area (Å²) in [6, 6.07) is 7.48. The van der Waals surface area contributed by atoms with Crippen molar-refractivity contribution < 1.29 is 14.1 Å². The quantitative estimate of drug-likeness (QED) is 0.450. The number of anilines is 1. The number of rotatable bonds is 7. The molecule has 0 radical (unpaired) electrons. The highest BCUT2D eigenvalue weighted by molar-refractivity contribution is 6.31. The molecule has 0 aliphatic carbocycles. The van der Waals surface area contributed by atoms with E-state index in [0.717, 1.165) is 5.69 Å². The molecule has 0 saturated carbocycles. The maximum Gasteiger partial charge on any atom is 0.390 e. The third-order valence-corrected chi connectivity index (χ3v) is 5.01. The largest absolute Gasteiger partial charge is 0.390 e. The van der Waals surface area contributed by atoms with Gasteiger partial charge < -0.3 is 15.4 Å². The summed E-state index contributed by atoms with van der Waals surface area (Å²) in [5.41, 5.74) is 1.62. The second-order valence-corrected chi connectivity index (χ2v) is 7.41. The van der Waals surface area contributed by atoms with Crippen LogP contribution in [0.15, 0.2) is 30.3 Å². The van der Waals surface area contributed by atoms with E-state index >= 15 is 0 Å². The molecule has 0 fully saturated rings. The van der Waals surface area contributed by atoms with Crippen LogP contribution in [0.4, 0.5) is 16.0 Å². The van der Waals surface area contributed by atoms with Crippen molar-refractivity contribution >= 4 is 29.1 Å². The maximum atomic E-state index is 14.0. The molecule has 0 saturated heterocycles. The summed E-state index contributed by atoms with van der Waals surface area (Å²) in [5, 5.41) is 22.1. The summed E-state index contributed by atoms with van der Waals surface area (Å²) in [7, 11) is 0. The Morgan fingerprint density at radius 2 is 1.97 bits per heavy atom. The zero-order valence-corrected chi connectivity index (χ0v) is 17.4. The molecular weight excluding hydrogens is 415 g/mol. The number of nitrogens with one attached hydrogen (secondary N) is 1. The van der Waals surface area contributed by atoms with E-state index in [9.17, 15) is 19.3 Å². The lowest BCUT2D eigenvalue weighted by Gasteiger charge is -2.10. The molecule has 3 aromatic rings. The third kappa shape index (κ3) is 4.65. The predicted octanol–water partition coefficient (Wildman–Crippen LogP) is 3.72. The van der Waals surface area contributed by atoms with Crippen molar-refractivity contribution in [2.24, 2.45) is 5.92 Å². The van der Waals surface area contributed by atoms with Crippen LogP contribution in [-0.2, 0) is 17.9 Å². The number of halogens is 2. The molecule has 2 heterocycles. The molecule has 0 spiro atoms. The van der Waals surface area contributed by atoms with E-state index in [0.29, 0.717) is 22.1 Å². The van der Waals surface area contributed by atoms with Gasteiger partial charge in [-0.25, -0.2) is 4.39 Å². The van der Waals surface area contributed by atoms with Crippen LogP contribution in [-0.4, -0.2) is 30.4 Å². The average molecular weight is 435 g/mol. The number of amides is 1. The van der Waals surface area contributed by atoms with Crippen molar-refractivity contribution in [3.63, 3.8) is 0 Å². The Balaban J connectivity index is 1.68. The van der Waals surface area contributed by atoms with Crippen molar-refractivity contribution in [3.05, 3.63) is 68.2 Å². The SMILES string of the molecule is Cc1cc(NC(=O)C(C)Cn2nc([N+](=O)[O-])cc2C)nn1Cc1c(F)cccc1Cl. The fourth-order valence-corrected chi connectivity index (χ4v) is 3.15. The Bertz CT molecular complexity index is 1090. The molecule has 3 rings (SSSR count). The monoisotopic (exact) mass is 434 g/mol. The fraction of sp³-hybridized carbons (Fsp3) is 0.316. The van der Waals surface area contributed by atoms with Gasteiger partial charge in [0.2, 0.25) is 5.91 Å². The summed E-state index contributed by atoms with van der Waals surface area (Å²) in [6.45, 7) is 5.46. The lowest BCUT2D eigenvalue weighted by atomic mass is 10.1. The Labute approximate surface area is 176 Å². The fourth-order valence-electron chi connectivity index (χ4n) is 2.92. The molecule has 2 aromatic heterocycles. The first-order valence-corrected chi connectivity index (χ1v) is 9.50. The molecule has 30 heavy (non-hydrogen) atoms. The van der Waals surface area contributed by atoms with Crippen LogP contribution in [0, 0.1) is 35.7 Å². The van der Waals surface area contributed by atoms with Crippen LogP contribution in [0.3, 0.4) is 0 Å². The molecule has 0 aliphatic rings. The number of nitro groups is 1. The Kier molecular flexibility index (Phi) is 6.16. The van der Waals surface area contributed by atoms with Gasteiger partial charge in [-0.3, -0.25) is 9.48 Å². The summed E-state index contributed by atoms with van der Waals surface area (Å²) in [4.78, 5) is 22.8. The van der Waals surface area contributed by atoms with Gasteiger partial charge in [0.15, 0.2) is 5.82 Å². The predicted molar refractivity (Wildman–Crippen MR) is 109 cm³/mol. The number of hydrogen-bond donors (Lipinski definition) is 1. The van der Waals surface area contributed by atoms with Gasteiger partial charge >= 0.3 is 5.82 Å². The Morgan fingerprint density at radius 3 is 2.60 bits per heavy atom. The van der Waals surface area contributed by atoms with E-state index in [2.05, 4.69) is 15.5 Å². The zero-order chi connectivity index (χ0) is 22.0. The lowest BCUT2D eigenvalue weighted by molar-refractivity contribution is -0.389. The average Bonchev–Trinajstić information content (AvgIpc) is 3.20. The van der Waals surface area contributed by atoms with Crippen molar-refractivity contribution in [1.82, 2.24) is 19.6 Å². The van der Waals surface area contributed by atoms with Gasteiger partial charge in [0.1, 0.15) is 5.82 Å². The lowest BCUT2D eigenvalue weighted by Crippen LogP contribution is -2.25. The zero-order valence-electron chi connectivity index (χ0n) is 16.6. The van der Waals surface area contributed by atoms with Crippen molar-refractivity contribution in [2.45, 2.75) is 33.9 Å². The number of aromatic nitrogens is 4. The van der Waals surface area contributed by atoms with Gasteiger partial charge in [0.25, 0.3) is 0 Å². The first kappa shape index (κ1) is 21.4. The summed E-state index contributed by atoms with van der Waals surface area (Å²) in [6.07, 6.45) is 0. The van der Waals surface area contributed by atoms with Gasteiger partial charge in [-0.15, -0.1) is 0 Å². The molecule has 0 bridgehead atoms. The Morgan fingerprint density at radius 1 is 1.27 bits per heavy atom. The topological polar surface area (TPSA) is 108 Å². The number of nitrogens with zero attached hydrogens (tertiary/aromatic N) is 5. The molecule has 1 amide bonds. The van der Waals surface area contributed by atoms with Gasteiger partial charge in [-0.2, -0.15) is 9.78 Å². The molecule has 1 unspecified atom stereocenters. The van der Waals surface area contributed by atoms with E-state index in [-0.39, 0.29) is 24.8 Å². The normalized spacial score (nSPS) is 12.0. The number of benzene rings is 1. The van der Waals surface area contributed by atoms with E-state index in [1.165, 1.54) is 22.9 Å². The van der Waals surface area contributed by atoms with Crippen LogP contribution in [0.1, 0.15) is 23.9 Å². The molecule has 1 aromatic carbocycles. The number of carbonyl (C=O) groups is 1. The highest BCUT2D eigenvalue weighted by Crippen LogP contribution is 2.21. The molecule has 0 aliphatic heterocycles. The van der Waals surface area contributed by atoms with Gasteiger partial charge in [-0.1, -0.05) is 24.6 Å². The second kappa shape index (κ2) is 8.62. The first-order chi connectivity index (χ1) is 14.2. The van der Waals surface area contributed by atoms with E-state index < -0.39 is 16.7 Å². The number of hydrogen-bond acceptors (Lipinski definition) is 5. The van der Waals surface area contributed by atoms with Gasteiger partial charge in [-0.05, 0) is 30.9 Å². The van der Waals surface area contributed by atoms with Gasteiger partial charge in [0, 0.05) is 22.3 Å². The van der Waals surface area contributed by atoms with Crippen LogP contribution in [0.5, 0.6) is 0 Å². The van der Waals surface area contributed by atoms with Gasteiger partial charge in [0.05, 0.1) is 35.9 Å². The molecule has 9 nitrogen and oxygen atoms in total. The van der Waals surface area contributed by atoms with Crippen molar-refractivity contribution in [1.29, 1.82) is 0 Å². The molecule has 158 valence electrons. The van der Waals surface area contributed by atoms with Crippen LogP contribution < -0.4 is 5.32 Å². The second-order valence-electron chi connectivity index (χ2n) is 7.00. The Hall–Kier alpha value is -3.27. The smallest absolute Gasteiger partial charge is 0.358 e. The minimum atomic E-state index is -0.578. The van der Waals surface area contributed by atoms with E-state index in [1.807, 2.05) is 0 Å². The molecule has 11 heteroatoms. The molecular formula is C19H20ClFN6O3. The maximum absolute atomic E-state index is 14.0. The minimum Gasteiger partial charge on any atom is -0.358 e. The van der Waals surface area contributed by atoms with Crippen molar-refractivity contribution in [2.75, 3.05) is 5.32 Å². The third-order valence-electron chi connectivity index (χ3n) is 4.65. The first-order valence-electron chi connectivity index (χ1n) is 9.12. The van der Waals surface area contributed by atoms with Crippen LogP contribution in [0.2, 0.25) is 5.02 Å². The number of aryl methyl sites for hydroxylation is 2. The van der Waals surface area contributed by atoms with Crippen molar-refractivity contribution in [3.8, 4) is 0 Å². The van der Waals surface area contributed by atoms with Crippen LogP contribution in [0.25, 0.3) is 0 Å². The van der Waals surface area contributed by atoms with Crippen LogP contribution >= 0.6 is 11.6 Å². The summed E-state index contributed by atoms with van der Waals surface area (Å²) >= 11 is 6.07.